The average Bonchev–Trinajstić information content (AvgIpc) is 2.40. The molecule has 0 spiro atoms. The second kappa shape index (κ2) is 5.55. The van der Waals surface area contributed by atoms with Gasteiger partial charge in [0.25, 0.3) is 0 Å². The monoisotopic (exact) mass is 324 g/mol. The lowest BCUT2D eigenvalue weighted by atomic mass is 10.2. The molecule has 0 heterocycles. The van der Waals surface area contributed by atoms with Gasteiger partial charge >= 0.3 is 5.97 Å². The fourth-order valence-corrected chi connectivity index (χ4v) is 2.15. The molecule has 4 heteroatoms. The summed E-state index contributed by atoms with van der Waals surface area (Å²) in [5.74, 6) is 0.0537. The summed E-state index contributed by atoms with van der Waals surface area (Å²) in [4.78, 5) is 11.9. The van der Waals surface area contributed by atoms with Gasteiger partial charge in [0.2, 0.25) is 0 Å². The Labute approximate surface area is 119 Å². The summed E-state index contributed by atoms with van der Waals surface area (Å²) in [5.41, 5.74) is 1.24. The van der Waals surface area contributed by atoms with Gasteiger partial charge in [-0.25, -0.2) is 4.79 Å². The van der Waals surface area contributed by atoms with Crippen LogP contribution in [-0.4, -0.2) is 5.97 Å². The predicted molar refractivity (Wildman–Crippen MR) is 75.3 cm³/mol. The standard InChI is InChI=1S/C14H10BrClO2/c1-9-12(16)8-7-11(15)13(9)18-14(17)10-5-3-2-4-6-10/h2-8H,1H3. The minimum absolute atomic E-state index is 0.401. The number of carbonyl (C=O) groups excluding carboxylic acids is 1. The van der Waals surface area contributed by atoms with Crippen molar-refractivity contribution in [1.29, 1.82) is 0 Å². The third-order valence-electron chi connectivity index (χ3n) is 2.50. The highest BCUT2D eigenvalue weighted by Crippen LogP contribution is 2.33. The van der Waals surface area contributed by atoms with E-state index >= 15 is 0 Å². The molecule has 0 N–H and O–H groups in total. The van der Waals surface area contributed by atoms with Crippen molar-refractivity contribution in [2.75, 3.05) is 0 Å². The topological polar surface area (TPSA) is 26.3 Å². The van der Waals surface area contributed by atoms with Crippen LogP contribution < -0.4 is 4.74 Å². The van der Waals surface area contributed by atoms with Crippen LogP contribution in [0.3, 0.4) is 0 Å². The van der Waals surface area contributed by atoms with E-state index in [0.717, 1.165) is 5.56 Å². The van der Waals surface area contributed by atoms with Crippen molar-refractivity contribution in [2.24, 2.45) is 0 Å². The first-order valence-corrected chi connectivity index (χ1v) is 6.48. The highest BCUT2D eigenvalue weighted by atomic mass is 79.9. The molecule has 0 saturated heterocycles. The second-order valence-electron chi connectivity index (χ2n) is 3.74. The molecule has 2 aromatic rings. The van der Waals surface area contributed by atoms with E-state index in [1.165, 1.54) is 0 Å². The molecule has 0 atom stereocenters. The zero-order chi connectivity index (χ0) is 13.1. The van der Waals surface area contributed by atoms with Crippen LogP contribution >= 0.6 is 27.5 Å². The highest BCUT2D eigenvalue weighted by Gasteiger charge is 2.14. The van der Waals surface area contributed by atoms with E-state index in [1.807, 2.05) is 6.07 Å². The number of rotatable bonds is 2. The maximum atomic E-state index is 11.9. The molecule has 0 bridgehead atoms. The van der Waals surface area contributed by atoms with Gasteiger partial charge in [-0.05, 0) is 47.1 Å². The molecule has 0 aromatic heterocycles. The maximum absolute atomic E-state index is 11.9. The summed E-state index contributed by atoms with van der Waals surface area (Å²) in [6.45, 7) is 1.81. The van der Waals surface area contributed by atoms with Crippen molar-refractivity contribution in [2.45, 2.75) is 6.92 Å². The minimum Gasteiger partial charge on any atom is -0.421 e. The van der Waals surface area contributed by atoms with Gasteiger partial charge in [-0.1, -0.05) is 29.8 Å². The Morgan fingerprint density at radius 3 is 2.50 bits per heavy atom. The largest absolute Gasteiger partial charge is 0.421 e. The lowest BCUT2D eigenvalue weighted by molar-refractivity contribution is 0.0732. The number of carbonyl (C=O) groups is 1. The third-order valence-corrected chi connectivity index (χ3v) is 3.53. The van der Waals surface area contributed by atoms with E-state index < -0.39 is 5.97 Å². The van der Waals surface area contributed by atoms with Crippen LogP contribution in [0.4, 0.5) is 0 Å². The Morgan fingerprint density at radius 1 is 1.17 bits per heavy atom. The lowest BCUT2D eigenvalue weighted by Crippen LogP contribution is -2.09. The molecular formula is C14H10BrClO2. The van der Waals surface area contributed by atoms with Crippen LogP contribution in [0.25, 0.3) is 0 Å². The number of ether oxygens (including phenoxy) is 1. The second-order valence-corrected chi connectivity index (χ2v) is 5.00. The van der Waals surface area contributed by atoms with Gasteiger partial charge in [0.05, 0.1) is 10.0 Å². The number of halogens is 2. The average molecular weight is 326 g/mol. The van der Waals surface area contributed by atoms with Crippen LogP contribution in [0.2, 0.25) is 5.02 Å². The third kappa shape index (κ3) is 2.74. The molecule has 0 aliphatic heterocycles. The number of hydrogen-bond donors (Lipinski definition) is 0. The van der Waals surface area contributed by atoms with Crippen LogP contribution in [0.1, 0.15) is 15.9 Å². The predicted octanol–water partition coefficient (Wildman–Crippen LogP) is 4.63. The van der Waals surface area contributed by atoms with Gasteiger partial charge in [0.1, 0.15) is 5.75 Å². The quantitative estimate of drug-likeness (QED) is 0.594. The first-order chi connectivity index (χ1) is 8.59. The minimum atomic E-state index is -0.401. The van der Waals surface area contributed by atoms with Crippen molar-refractivity contribution in [3.63, 3.8) is 0 Å². The molecule has 92 valence electrons. The van der Waals surface area contributed by atoms with Crippen molar-refractivity contribution < 1.29 is 9.53 Å². The fourth-order valence-electron chi connectivity index (χ4n) is 1.49. The van der Waals surface area contributed by atoms with Gasteiger partial charge in [-0.3, -0.25) is 0 Å². The Morgan fingerprint density at radius 2 is 1.83 bits per heavy atom. The zero-order valence-electron chi connectivity index (χ0n) is 9.61. The molecule has 0 aliphatic carbocycles. The Balaban J connectivity index is 2.30. The van der Waals surface area contributed by atoms with Crippen LogP contribution in [0.5, 0.6) is 5.75 Å². The van der Waals surface area contributed by atoms with Crippen molar-refractivity contribution >= 4 is 33.5 Å². The summed E-state index contributed by atoms with van der Waals surface area (Å²) in [7, 11) is 0. The van der Waals surface area contributed by atoms with Crippen molar-refractivity contribution in [1.82, 2.24) is 0 Å². The molecule has 0 fully saturated rings. The fraction of sp³-hybridized carbons (Fsp3) is 0.0714. The molecular weight excluding hydrogens is 316 g/mol. The van der Waals surface area contributed by atoms with Gasteiger partial charge in [-0.15, -0.1) is 0 Å². The molecule has 2 nitrogen and oxygen atoms in total. The Bertz CT molecular complexity index is 582. The van der Waals surface area contributed by atoms with E-state index in [1.54, 1.807) is 43.3 Å². The lowest BCUT2D eigenvalue weighted by Gasteiger charge is -2.10. The van der Waals surface area contributed by atoms with Gasteiger partial charge < -0.3 is 4.74 Å². The summed E-state index contributed by atoms with van der Waals surface area (Å²) in [6, 6.07) is 12.3. The Hall–Kier alpha value is -1.32. The van der Waals surface area contributed by atoms with Gasteiger partial charge in [0, 0.05) is 10.6 Å². The molecule has 2 rings (SSSR count). The van der Waals surface area contributed by atoms with Crippen LogP contribution in [-0.2, 0) is 0 Å². The van der Waals surface area contributed by atoms with Crippen molar-refractivity contribution in [3.05, 3.63) is 63.1 Å². The van der Waals surface area contributed by atoms with E-state index in [0.29, 0.717) is 20.8 Å². The summed E-state index contributed by atoms with van der Waals surface area (Å²) in [6.07, 6.45) is 0. The van der Waals surface area contributed by atoms with Gasteiger partial charge in [-0.2, -0.15) is 0 Å². The van der Waals surface area contributed by atoms with E-state index in [4.69, 9.17) is 16.3 Å². The molecule has 0 unspecified atom stereocenters. The van der Waals surface area contributed by atoms with Crippen LogP contribution in [0, 0.1) is 6.92 Å². The molecule has 0 amide bonds. The first-order valence-electron chi connectivity index (χ1n) is 5.31. The summed E-state index contributed by atoms with van der Waals surface area (Å²) < 4.78 is 6.08. The molecule has 0 radical (unpaired) electrons. The van der Waals surface area contributed by atoms with E-state index in [-0.39, 0.29) is 0 Å². The van der Waals surface area contributed by atoms with E-state index in [9.17, 15) is 4.79 Å². The zero-order valence-corrected chi connectivity index (χ0v) is 12.0. The van der Waals surface area contributed by atoms with Crippen molar-refractivity contribution in [3.8, 4) is 5.75 Å². The smallest absolute Gasteiger partial charge is 0.343 e. The van der Waals surface area contributed by atoms with E-state index in [2.05, 4.69) is 15.9 Å². The highest BCUT2D eigenvalue weighted by molar-refractivity contribution is 9.10. The SMILES string of the molecule is Cc1c(Cl)ccc(Br)c1OC(=O)c1ccccc1. The molecule has 0 saturated carbocycles. The summed E-state index contributed by atoms with van der Waals surface area (Å²) >= 11 is 9.35. The first kappa shape index (κ1) is 13.1. The Kier molecular flexibility index (Phi) is 4.04. The molecule has 0 aliphatic rings. The van der Waals surface area contributed by atoms with Gasteiger partial charge in [0.15, 0.2) is 0 Å². The molecule has 2 aromatic carbocycles. The molecule has 18 heavy (non-hydrogen) atoms. The number of esters is 1. The summed E-state index contributed by atoms with van der Waals surface area (Å²) in [5, 5.41) is 0.564. The maximum Gasteiger partial charge on any atom is 0.343 e. The number of benzene rings is 2. The normalized spacial score (nSPS) is 10.2. The van der Waals surface area contributed by atoms with Crippen LogP contribution in [0.15, 0.2) is 46.9 Å². The number of hydrogen-bond acceptors (Lipinski definition) is 2.